The maximum Gasteiger partial charge on any atom is 0.0416 e. The molecule has 0 aliphatic carbocycles. The van der Waals surface area contributed by atoms with E-state index in [9.17, 15) is 0 Å². The summed E-state index contributed by atoms with van der Waals surface area (Å²) in [5.41, 5.74) is 1.19. The van der Waals surface area contributed by atoms with Gasteiger partial charge in [-0.3, -0.25) is 4.98 Å². The summed E-state index contributed by atoms with van der Waals surface area (Å²) in [7, 11) is 2.20. The minimum absolute atomic E-state index is 0.643. The standard InChI is InChI=1S/C16H29N3/c1-4-11-17-15(2)8-7-13-19(3)14-10-16-9-5-6-12-18-16/h5-6,9,12,15,17H,4,7-8,10-11,13-14H2,1-3H3. The van der Waals surface area contributed by atoms with Gasteiger partial charge >= 0.3 is 0 Å². The van der Waals surface area contributed by atoms with Crippen LogP contribution in [-0.4, -0.2) is 42.6 Å². The molecule has 0 fully saturated rings. The van der Waals surface area contributed by atoms with Gasteiger partial charge in [0.05, 0.1) is 0 Å². The van der Waals surface area contributed by atoms with Gasteiger partial charge in [0.25, 0.3) is 0 Å². The number of rotatable bonds is 10. The molecule has 108 valence electrons. The van der Waals surface area contributed by atoms with Crippen LogP contribution in [0.3, 0.4) is 0 Å². The summed E-state index contributed by atoms with van der Waals surface area (Å²) in [5.74, 6) is 0. The van der Waals surface area contributed by atoms with E-state index in [4.69, 9.17) is 0 Å². The predicted octanol–water partition coefficient (Wildman–Crippen LogP) is 2.72. The third-order valence-electron chi connectivity index (χ3n) is 3.40. The number of hydrogen-bond acceptors (Lipinski definition) is 3. The Kier molecular flexibility index (Phi) is 8.43. The predicted molar refractivity (Wildman–Crippen MR) is 82.4 cm³/mol. The van der Waals surface area contributed by atoms with Crippen molar-refractivity contribution in [2.24, 2.45) is 0 Å². The Morgan fingerprint density at radius 3 is 2.84 bits per heavy atom. The second-order valence-electron chi connectivity index (χ2n) is 5.37. The fourth-order valence-electron chi connectivity index (χ4n) is 2.12. The zero-order chi connectivity index (χ0) is 13.9. The topological polar surface area (TPSA) is 28.2 Å². The smallest absolute Gasteiger partial charge is 0.0416 e. The fraction of sp³-hybridized carbons (Fsp3) is 0.688. The molecule has 3 nitrogen and oxygen atoms in total. The third kappa shape index (κ3) is 7.96. The molecule has 1 aromatic rings. The van der Waals surface area contributed by atoms with E-state index < -0.39 is 0 Å². The van der Waals surface area contributed by atoms with Crippen LogP contribution in [0, 0.1) is 0 Å². The van der Waals surface area contributed by atoms with Gasteiger partial charge in [-0.15, -0.1) is 0 Å². The largest absolute Gasteiger partial charge is 0.314 e. The SMILES string of the molecule is CCCNC(C)CCCN(C)CCc1ccccn1. The maximum absolute atomic E-state index is 4.36. The van der Waals surface area contributed by atoms with Crippen molar-refractivity contribution in [1.29, 1.82) is 0 Å². The number of pyridine rings is 1. The van der Waals surface area contributed by atoms with Crippen molar-refractivity contribution in [3.05, 3.63) is 30.1 Å². The number of nitrogens with one attached hydrogen (secondary N) is 1. The first kappa shape index (κ1) is 16.1. The molecule has 1 N–H and O–H groups in total. The number of nitrogens with zero attached hydrogens (tertiary/aromatic N) is 2. The van der Waals surface area contributed by atoms with Gasteiger partial charge in [-0.05, 0) is 58.5 Å². The second kappa shape index (κ2) is 9.93. The molecule has 0 saturated heterocycles. The molecule has 0 amide bonds. The van der Waals surface area contributed by atoms with Crippen LogP contribution in [0.1, 0.15) is 38.8 Å². The molecule has 1 rings (SSSR count). The molecule has 0 spiro atoms. The van der Waals surface area contributed by atoms with E-state index in [0.717, 1.165) is 19.5 Å². The molecular formula is C16H29N3. The van der Waals surface area contributed by atoms with Crippen LogP contribution in [0.5, 0.6) is 0 Å². The monoisotopic (exact) mass is 263 g/mol. The van der Waals surface area contributed by atoms with E-state index in [0.29, 0.717) is 6.04 Å². The highest BCUT2D eigenvalue weighted by Crippen LogP contribution is 2.01. The summed E-state index contributed by atoms with van der Waals surface area (Å²) in [6.07, 6.45) is 6.65. The highest BCUT2D eigenvalue weighted by atomic mass is 15.1. The lowest BCUT2D eigenvalue weighted by Crippen LogP contribution is -2.29. The van der Waals surface area contributed by atoms with Gasteiger partial charge in [0, 0.05) is 30.9 Å². The Morgan fingerprint density at radius 1 is 1.32 bits per heavy atom. The quantitative estimate of drug-likeness (QED) is 0.703. The first-order valence-electron chi connectivity index (χ1n) is 7.54. The van der Waals surface area contributed by atoms with Crippen LogP contribution >= 0.6 is 0 Å². The molecule has 1 atom stereocenters. The van der Waals surface area contributed by atoms with E-state index in [1.807, 2.05) is 12.3 Å². The molecule has 0 aliphatic rings. The van der Waals surface area contributed by atoms with Crippen molar-refractivity contribution in [3.8, 4) is 0 Å². The first-order valence-corrected chi connectivity index (χ1v) is 7.54. The number of likely N-dealkylation sites (N-methyl/N-ethyl adjacent to an activating group) is 1. The van der Waals surface area contributed by atoms with Crippen molar-refractivity contribution in [3.63, 3.8) is 0 Å². The normalized spacial score (nSPS) is 12.8. The van der Waals surface area contributed by atoms with E-state index >= 15 is 0 Å². The summed E-state index contributed by atoms with van der Waals surface area (Å²) in [5, 5.41) is 3.54. The number of hydrogen-bond donors (Lipinski definition) is 1. The molecule has 0 aromatic carbocycles. The van der Waals surface area contributed by atoms with Crippen LogP contribution in [0.4, 0.5) is 0 Å². The summed E-state index contributed by atoms with van der Waals surface area (Å²) in [6, 6.07) is 6.77. The van der Waals surface area contributed by atoms with E-state index in [1.54, 1.807) is 0 Å². The Labute approximate surface area is 118 Å². The highest BCUT2D eigenvalue weighted by Gasteiger charge is 2.03. The minimum Gasteiger partial charge on any atom is -0.314 e. The lowest BCUT2D eigenvalue weighted by Gasteiger charge is -2.18. The molecule has 0 radical (unpaired) electrons. The van der Waals surface area contributed by atoms with Gasteiger partial charge in [-0.1, -0.05) is 13.0 Å². The molecule has 1 heterocycles. The summed E-state index contributed by atoms with van der Waals surface area (Å²) < 4.78 is 0. The molecule has 3 heteroatoms. The third-order valence-corrected chi connectivity index (χ3v) is 3.40. The van der Waals surface area contributed by atoms with Crippen LogP contribution in [0.25, 0.3) is 0 Å². The van der Waals surface area contributed by atoms with Gasteiger partial charge in [0.2, 0.25) is 0 Å². The summed E-state index contributed by atoms with van der Waals surface area (Å²) >= 11 is 0. The van der Waals surface area contributed by atoms with Crippen LogP contribution in [0.15, 0.2) is 24.4 Å². The van der Waals surface area contributed by atoms with Crippen molar-refractivity contribution in [2.45, 2.75) is 45.6 Å². The Bertz CT molecular complexity index is 313. The van der Waals surface area contributed by atoms with Gasteiger partial charge in [-0.25, -0.2) is 0 Å². The maximum atomic E-state index is 4.36. The molecule has 0 bridgehead atoms. The molecule has 19 heavy (non-hydrogen) atoms. The van der Waals surface area contributed by atoms with Gasteiger partial charge in [0.1, 0.15) is 0 Å². The van der Waals surface area contributed by atoms with E-state index in [-0.39, 0.29) is 0 Å². The Balaban J connectivity index is 2.06. The van der Waals surface area contributed by atoms with Crippen molar-refractivity contribution in [1.82, 2.24) is 15.2 Å². The van der Waals surface area contributed by atoms with Crippen molar-refractivity contribution in [2.75, 3.05) is 26.7 Å². The molecular weight excluding hydrogens is 234 g/mol. The van der Waals surface area contributed by atoms with Crippen LogP contribution in [0.2, 0.25) is 0 Å². The second-order valence-corrected chi connectivity index (χ2v) is 5.37. The fourth-order valence-corrected chi connectivity index (χ4v) is 2.12. The van der Waals surface area contributed by atoms with Gasteiger partial charge in [0.15, 0.2) is 0 Å². The lowest BCUT2D eigenvalue weighted by molar-refractivity contribution is 0.320. The average molecular weight is 263 g/mol. The van der Waals surface area contributed by atoms with Gasteiger partial charge < -0.3 is 10.2 Å². The molecule has 1 aromatic heterocycles. The van der Waals surface area contributed by atoms with Crippen molar-refractivity contribution >= 4 is 0 Å². The lowest BCUT2D eigenvalue weighted by atomic mass is 10.1. The molecule has 0 saturated carbocycles. The van der Waals surface area contributed by atoms with Gasteiger partial charge in [-0.2, -0.15) is 0 Å². The Morgan fingerprint density at radius 2 is 2.16 bits per heavy atom. The summed E-state index contributed by atoms with van der Waals surface area (Å²) in [4.78, 5) is 6.76. The molecule has 1 unspecified atom stereocenters. The highest BCUT2D eigenvalue weighted by molar-refractivity contribution is 5.03. The number of aromatic nitrogens is 1. The van der Waals surface area contributed by atoms with E-state index in [1.165, 1.54) is 31.5 Å². The summed E-state index contributed by atoms with van der Waals surface area (Å²) in [6.45, 7) is 7.89. The van der Waals surface area contributed by atoms with Crippen LogP contribution < -0.4 is 5.32 Å². The van der Waals surface area contributed by atoms with Crippen molar-refractivity contribution < 1.29 is 0 Å². The minimum atomic E-state index is 0.643. The first-order chi connectivity index (χ1) is 9.22. The van der Waals surface area contributed by atoms with E-state index in [2.05, 4.69) is 48.2 Å². The molecule has 0 aliphatic heterocycles. The zero-order valence-corrected chi connectivity index (χ0v) is 12.7. The Hall–Kier alpha value is -0.930. The average Bonchev–Trinajstić information content (AvgIpc) is 2.44. The van der Waals surface area contributed by atoms with Crippen LogP contribution in [-0.2, 0) is 6.42 Å². The zero-order valence-electron chi connectivity index (χ0n) is 12.7.